The fourth-order valence-corrected chi connectivity index (χ4v) is 2.60. The van der Waals surface area contributed by atoms with Gasteiger partial charge in [0, 0.05) is 22.3 Å². The average Bonchev–Trinajstić information content (AvgIpc) is 2.61. The molecule has 3 N–H and O–H groups in total. The zero-order chi connectivity index (χ0) is 19.1. The molecule has 0 saturated heterocycles. The van der Waals surface area contributed by atoms with Crippen molar-refractivity contribution >= 4 is 46.4 Å². The van der Waals surface area contributed by atoms with E-state index in [4.69, 9.17) is 23.2 Å². The number of amides is 2. The quantitative estimate of drug-likeness (QED) is 0.644. The summed E-state index contributed by atoms with van der Waals surface area (Å²) in [6.45, 7) is 4.01. The summed E-state index contributed by atoms with van der Waals surface area (Å²) in [4.78, 5) is 24.1. The van der Waals surface area contributed by atoms with Gasteiger partial charge >= 0.3 is 0 Å². The number of rotatable bonds is 7. The Kier molecular flexibility index (Phi) is 7.30. The lowest BCUT2D eigenvalue weighted by Gasteiger charge is -2.12. The molecule has 0 aliphatic carbocycles. The largest absolute Gasteiger partial charge is 0.375 e. The van der Waals surface area contributed by atoms with Crippen LogP contribution in [0, 0.1) is 0 Å². The van der Waals surface area contributed by atoms with E-state index in [2.05, 4.69) is 16.0 Å². The van der Waals surface area contributed by atoms with Crippen molar-refractivity contribution in [1.29, 1.82) is 0 Å². The van der Waals surface area contributed by atoms with E-state index in [-0.39, 0.29) is 24.4 Å². The second-order valence-electron chi connectivity index (χ2n) is 5.89. The molecule has 0 aromatic heterocycles. The van der Waals surface area contributed by atoms with Gasteiger partial charge < -0.3 is 16.0 Å². The van der Waals surface area contributed by atoms with Gasteiger partial charge in [0.2, 0.25) is 5.91 Å². The average molecular weight is 394 g/mol. The van der Waals surface area contributed by atoms with Crippen molar-refractivity contribution in [3.8, 4) is 0 Å². The minimum atomic E-state index is -0.229. The first kappa shape index (κ1) is 20.1. The van der Waals surface area contributed by atoms with E-state index in [0.29, 0.717) is 27.0 Å². The van der Waals surface area contributed by atoms with Crippen LogP contribution in [0.15, 0.2) is 42.5 Å². The van der Waals surface area contributed by atoms with E-state index >= 15 is 0 Å². The first-order valence-corrected chi connectivity index (χ1v) is 9.04. The van der Waals surface area contributed by atoms with Crippen LogP contribution >= 0.6 is 23.2 Å². The minimum absolute atomic E-state index is 0.0532. The monoisotopic (exact) mass is 393 g/mol. The number of carbonyl (C=O) groups excluding carboxylic acids is 2. The fourth-order valence-electron chi connectivity index (χ4n) is 2.13. The van der Waals surface area contributed by atoms with Gasteiger partial charge in [-0.2, -0.15) is 0 Å². The molecule has 1 unspecified atom stereocenters. The van der Waals surface area contributed by atoms with E-state index in [1.807, 2.05) is 13.8 Å². The number of halogens is 2. The van der Waals surface area contributed by atoms with E-state index in [1.165, 1.54) is 0 Å². The predicted octanol–water partition coefficient (Wildman–Crippen LogP) is 4.57. The van der Waals surface area contributed by atoms with Crippen LogP contribution in [-0.2, 0) is 4.79 Å². The molecule has 0 radical (unpaired) electrons. The van der Waals surface area contributed by atoms with Gasteiger partial charge in [-0.1, -0.05) is 30.1 Å². The molecular formula is C19H21Cl2N3O2. The van der Waals surface area contributed by atoms with Crippen LogP contribution in [0.2, 0.25) is 10.0 Å². The Labute approximate surface area is 163 Å². The van der Waals surface area contributed by atoms with Gasteiger partial charge in [0.15, 0.2) is 0 Å². The van der Waals surface area contributed by atoms with Crippen molar-refractivity contribution in [2.45, 2.75) is 26.3 Å². The Morgan fingerprint density at radius 3 is 2.38 bits per heavy atom. The summed E-state index contributed by atoms with van der Waals surface area (Å²) < 4.78 is 0. The maximum Gasteiger partial charge on any atom is 0.251 e. The molecule has 138 valence electrons. The fraction of sp³-hybridized carbons (Fsp3) is 0.263. The van der Waals surface area contributed by atoms with Gasteiger partial charge in [-0.25, -0.2) is 0 Å². The van der Waals surface area contributed by atoms with Crippen LogP contribution in [-0.4, -0.2) is 24.4 Å². The third-order valence-corrected chi connectivity index (χ3v) is 4.34. The first-order chi connectivity index (χ1) is 12.4. The van der Waals surface area contributed by atoms with Crippen LogP contribution in [0.3, 0.4) is 0 Å². The van der Waals surface area contributed by atoms with Crippen LogP contribution in [0.4, 0.5) is 11.4 Å². The van der Waals surface area contributed by atoms with Crippen LogP contribution in [0.25, 0.3) is 0 Å². The summed E-state index contributed by atoms with van der Waals surface area (Å²) >= 11 is 11.9. The SMILES string of the molecule is CCC(C)NC(=O)c1ccc(NC(=O)CNc2ccc(Cl)cc2Cl)cc1. The van der Waals surface area contributed by atoms with Gasteiger partial charge in [0.05, 0.1) is 17.3 Å². The molecule has 2 rings (SSSR count). The molecule has 7 heteroatoms. The van der Waals surface area contributed by atoms with E-state index in [0.717, 1.165) is 6.42 Å². The molecule has 0 saturated carbocycles. The highest BCUT2D eigenvalue weighted by Crippen LogP contribution is 2.25. The second kappa shape index (κ2) is 9.46. The molecule has 0 heterocycles. The zero-order valence-electron chi connectivity index (χ0n) is 14.6. The Morgan fingerprint density at radius 2 is 1.77 bits per heavy atom. The Hall–Kier alpha value is -2.24. The highest BCUT2D eigenvalue weighted by molar-refractivity contribution is 6.36. The van der Waals surface area contributed by atoms with Gasteiger partial charge in [0.1, 0.15) is 0 Å². The highest BCUT2D eigenvalue weighted by Gasteiger charge is 2.09. The van der Waals surface area contributed by atoms with Crippen molar-refractivity contribution in [2.75, 3.05) is 17.2 Å². The van der Waals surface area contributed by atoms with Gasteiger partial charge in [-0.15, -0.1) is 0 Å². The van der Waals surface area contributed by atoms with Gasteiger partial charge in [0.25, 0.3) is 5.91 Å². The Morgan fingerprint density at radius 1 is 1.08 bits per heavy atom. The Balaban J connectivity index is 1.88. The molecule has 0 aliphatic rings. The minimum Gasteiger partial charge on any atom is -0.375 e. The number of carbonyl (C=O) groups is 2. The molecule has 0 bridgehead atoms. The molecule has 2 aromatic carbocycles. The third kappa shape index (κ3) is 5.93. The number of anilines is 2. The first-order valence-electron chi connectivity index (χ1n) is 8.28. The van der Waals surface area contributed by atoms with Crippen LogP contribution in [0.5, 0.6) is 0 Å². The van der Waals surface area contributed by atoms with E-state index in [1.54, 1.807) is 42.5 Å². The third-order valence-electron chi connectivity index (χ3n) is 3.79. The summed E-state index contributed by atoms with van der Waals surface area (Å²) in [5.74, 6) is -0.357. The van der Waals surface area contributed by atoms with E-state index < -0.39 is 0 Å². The van der Waals surface area contributed by atoms with Crippen molar-refractivity contribution in [3.63, 3.8) is 0 Å². The summed E-state index contributed by atoms with van der Waals surface area (Å²) in [6.07, 6.45) is 0.866. The van der Waals surface area contributed by atoms with Crippen molar-refractivity contribution in [2.24, 2.45) is 0 Å². The number of hydrogen-bond donors (Lipinski definition) is 3. The molecule has 2 aromatic rings. The molecule has 0 spiro atoms. The lowest BCUT2D eigenvalue weighted by Crippen LogP contribution is -2.31. The Bertz CT molecular complexity index is 779. The van der Waals surface area contributed by atoms with Crippen LogP contribution < -0.4 is 16.0 Å². The normalized spacial score (nSPS) is 11.5. The van der Waals surface area contributed by atoms with Crippen molar-refractivity contribution in [1.82, 2.24) is 5.32 Å². The zero-order valence-corrected chi connectivity index (χ0v) is 16.1. The van der Waals surface area contributed by atoms with Gasteiger partial charge in [-0.05, 0) is 55.8 Å². The lowest BCUT2D eigenvalue weighted by molar-refractivity contribution is -0.114. The van der Waals surface area contributed by atoms with Gasteiger partial charge in [-0.3, -0.25) is 9.59 Å². The van der Waals surface area contributed by atoms with Crippen molar-refractivity contribution in [3.05, 3.63) is 58.1 Å². The molecule has 0 fully saturated rings. The van der Waals surface area contributed by atoms with Crippen molar-refractivity contribution < 1.29 is 9.59 Å². The second-order valence-corrected chi connectivity index (χ2v) is 6.73. The summed E-state index contributed by atoms with van der Waals surface area (Å²) in [5.41, 5.74) is 1.79. The molecule has 0 aliphatic heterocycles. The lowest BCUT2D eigenvalue weighted by atomic mass is 10.1. The summed E-state index contributed by atoms with van der Waals surface area (Å²) in [5, 5.41) is 9.58. The molecule has 1 atom stereocenters. The summed E-state index contributed by atoms with van der Waals surface area (Å²) in [7, 11) is 0. The van der Waals surface area contributed by atoms with Crippen LogP contribution in [0.1, 0.15) is 30.6 Å². The van der Waals surface area contributed by atoms with E-state index in [9.17, 15) is 9.59 Å². The highest BCUT2D eigenvalue weighted by atomic mass is 35.5. The molecular weight excluding hydrogens is 373 g/mol. The molecule has 26 heavy (non-hydrogen) atoms. The standard InChI is InChI=1S/C19H21Cl2N3O2/c1-3-12(2)23-19(26)13-4-7-15(8-5-13)24-18(25)11-22-17-9-6-14(20)10-16(17)21/h4-10,12,22H,3,11H2,1-2H3,(H,23,26)(H,24,25). The number of hydrogen-bond acceptors (Lipinski definition) is 3. The number of benzene rings is 2. The topological polar surface area (TPSA) is 70.2 Å². The number of nitrogens with one attached hydrogen (secondary N) is 3. The maximum absolute atomic E-state index is 12.0. The maximum atomic E-state index is 12.0. The molecule has 5 nitrogen and oxygen atoms in total. The predicted molar refractivity (Wildman–Crippen MR) is 107 cm³/mol. The summed E-state index contributed by atoms with van der Waals surface area (Å²) in [6, 6.07) is 11.9. The smallest absolute Gasteiger partial charge is 0.251 e. The molecule has 2 amide bonds.